The van der Waals surface area contributed by atoms with E-state index in [9.17, 15) is 9.18 Å². The van der Waals surface area contributed by atoms with E-state index in [4.69, 9.17) is 9.26 Å². The summed E-state index contributed by atoms with van der Waals surface area (Å²) >= 11 is 0. The Balaban J connectivity index is 1.75. The molecule has 4 rings (SSSR count). The van der Waals surface area contributed by atoms with Crippen molar-refractivity contribution in [2.24, 2.45) is 0 Å². The molecule has 6 nitrogen and oxygen atoms in total. The predicted octanol–water partition coefficient (Wildman–Crippen LogP) is 4.68. The van der Waals surface area contributed by atoms with E-state index in [-0.39, 0.29) is 17.8 Å². The molecule has 7 heteroatoms. The van der Waals surface area contributed by atoms with Gasteiger partial charge in [-0.25, -0.2) is 4.39 Å². The Morgan fingerprint density at radius 2 is 1.81 bits per heavy atom. The number of aromatic nitrogens is 1. The van der Waals surface area contributed by atoms with Crippen LogP contribution in [0.25, 0.3) is 11.3 Å². The topological polar surface area (TPSA) is 58.8 Å². The van der Waals surface area contributed by atoms with Crippen LogP contribution in [0.2, 0.25) is 0 Å². The molecule has 0 spiro atoms. The fourth-order valence-electron chi connectivity index (χ4n) is 3.92. The van der Waals surface area contributed by atoms with Crippen molar-refractivity contribution >= 4 is 11.8 Å². The highest BCUT2D eigenvalue weighted by molar-refractivity contribution is 5.96. The van der Waals surface area contributed by atoms with Gasteiger partial charge in [0.05, 0.1) is 25.3 Å². The Labute approximate surface area is 187 Å². The van der Waals surface area contributed by atoms with Crippen LogP contribution in [-0.4, -0.2) is 48.3 Å². The summed E-state index contributed by atoms with van der Waals surface area (Å²) in [5, 5.41) is 4.34. The van der Waals surface area contributed by atoms with Gasteiger partial charge in [-0.15, -0.1) is 0 Å². The zero-order chi connectivity index (χ0) is 22.7. The van der Waals surface area contributed by atoms with Crippen LogP contribution in [0.5, 0.6) is 0 Å². The quantitative estimate of drug-likeness (QED) is 0.561. The third-order valence-corrected chi connectivity index (χ3v) is 5.77. The lowest BCUT2D eigenvalue weighted by Gasteiger charge is -2.30. The van der Waals surface area contributed by atoms with Gasteiger partial charge in [0.15, 0.2) is 0 Å². The van der Waals surface area contributed by atoms with E-state index in [0.717, 1.165) is 16.7 Å². The second kappa shape index (κ2) is 9.53. The lowest BCUT2D eigenvalue weighted by molar-refractivity contribution is 0.0689. The molecule has 0 unspecified atom stereocenters. The number of benzene rings is 2. The maximum atomic E-state index is 13.5. The van der Waals surface area contributed by atoms with Crippen molar-refractivity contribution in [3.8, 4) is 11.3 Å². The van der Waals surface area contributed by atoms with E-state index < -0.39 is 0 Å². The van der Waals surface area contributed by atoms with Crippen LogP contribution >= 0.6 is 0 Å². The van der Waals surface area contributed by atoms with Gasteiger partial charge < -0.3 is 19.1 Å². The number of nitrogens with zero attached hydrogens (tertiary/aromatic N) is 3. The van der Waals surface area contributed by atoms with Crippen molar-refractivity contribution in [1.82, 2.24) is 10.1 Å². The molecule has 3 aromatic rings. The Morgan fingerprint density at radius 3 is 2.47 bits per heavy atom. The molecule has 1 amide bonds. The van der Waals surface area contributed by atoms with Crippen LogP contribution in [0.4, 0.5) is 10.3 Å². The van der Waals surface area contributed by atoms with Crippen molar-refractivity contribution in [1.29, 1.82) is 0 Å². The summed E-state index contributed by atoms with van der Waals surface area (Å²) < 4.78 is 24.8. The standard InChI is InChI=1S/C25H28FN3O3/c1-17(2)29(24(30)21-7-5-4-6-18(21)3)16-22-23(19-8-10-20(26)11-9-19)27-32-25(22)28-12-14-31-15-13-28/h4-11,17H,12-16H2,1-3H3. The van der Waals surface area contributed by atoms with Crippen LogP contribution < -0.4 is 4.90 Å². The maximum Gasteiger partial charge on any atom is 0.254 e. The molecule has 1 aliphatic heterocycles. The fraction of sp³-hybridized carbons (Fsp3) is 0.360. The van der Waals surface area contributed by atoms with Gasteiger partial charge in [-0.2, -0.15) is 0 Å². The average Bonchev–Trinajstić information content (AvgIpc) is 3.22. The van der Waals surface area contributed by atoms with Gasteiger partial charge in [-0.3, -0.25) is 4.79 Å². The number of morpholine rings is 1. The molecule has 168 valence electrons. The molecule has 1 saturated heterocycles. The molecule has 0 aliphatic carbocycles. The summed E-state index contributed by atoms with van der Waals surface area (Å²) in [4.78, 5) is 17.4. The predicted molar refractivity (Wildman–Crippen MR) is 121 cm³/mol. The zero-order valence-corrected chi connectivity index (χ0v) is 18.7. The lowest BCUT2D eigenvalue weighted by atomic mass is 10.0. The van der Waals surface area contributed by atoms with E-state index in [0.29, 0.717) is 50.0 Å². The van der Waals surface area contributed by atoms with Gasteiger partial charge in [0.25, 0.3) is 5.91 Å². The minimum absolute atomic E-state index is 0.0442. The van der Waals surface area contributed by atoms with Gasteiger partial charge in [-0.1, -0.05) is 23.4 Å². The first kappa shape index (κ1) is 22.0. The normalized spacial score (nSPS) is 14.1. The number of carbonyl (C=O) groups excluding carboxylic acids is 1. The number of rotatable bonds is 6. The van der Waals surface area contributed by atoms with E-state index in [2.05, 4.69) is 10.1 Å². The van der Waals surface area contributed by atoms with E-state index in [1.54, 1.807) is 12.1 Å². The highest BCUT2D eigenvalue weighted by atomic mass is 19.1. The summed E-state index contributed by atoms with van der Waals surface area (Å²) in [5.41, 5.74) is 3.79. The summed E-state index contributed by atoms with van der Waals surface area (Å²) in [6, 6.07) is 13.7. The van der Waals surface area contributed by atoms with Crippen LogP contribution in [0.3, 0.4) is 0 Å². The highest BCUT2D eigenvalue weighted by Crippen LogP contribution is 2.34. The zero-order valence-electron chi connectivity index (χ0n) is 18.7. The second-order valence-corrected chi connectivity index (χ2v) is 8.26. The van der Waals surface area contributed by atoms with Crippen molar-refractivity contribution in [2.75, 3.05) is 31.2 Å². The highest BCUT2D eigenvalue weighted by Gasteiger charge is 2.29. The first-order valence-electron chi connectivity index (χ1n) is 10.9. The molecule has 2 heterocycles. The summed E-state index contributed by atoms with van der Waals surface area (Å²) in [5.74, 6) is 0.277. The maximum absolute atomic E-state index is 13.5. The Kier molecular flexibility index (Phi) is 6.55. The monoisotopic (exact) mass is 437 g/mol. The summed E-state index contributed by atoms with van der Waals surface area (Å²) in [6.45, 7) is 8.81. The summed E-state index contributed by atoms with van der Waals surface area (Å²) in [7, 11) is 0. The average molecular weight is 438 g/mol. The number of hydrogen-bond acceptors (Lipinski definition) is 5. The van der Waals surface area contributed by atoms with Crippen LogP contribution in [0, 0.1) is 12.7 Å². The number of halogens is 1. The van der Waals surface area contributed by atoms with Gasteiger partial charge in [0.1, 0.15) is 11.5 Å². The van der Waals surface area contributed by atoms with Gasteiger partial charge in [0, 0.05) is 30.3 Å². The molecule has 1 aliphatic rings. The van der Waals surface area contributed by atoms with Crippen molar-refractivity contribution < 1.29 is 18.4 Å². The second-order valence-electron chi connectivity index (χ2n) is 8.26. The third kappa shape index (κ3) is 4.53. The van der Waals surface area contributed by atoms with Crippen LogP contribution in [0.1, 0.15) is 35.3 Å². The molecule has 2 aromatic carbocycles. The minimum atomic E-state index is -0.314. The Morgan fingerprint density at radius 1 is 1.12 bits per heavy atom. The number of amides is 1. The Hall–Kier alpha value is -3.19. The Bertz CT molecular complexity index is 1070. The molecular formula is C25H28FN3O3. The molecule has 0 N–H and O–H groups in total. The fourth-order valence-corrected chi connectivity index (χ4v) is 3.92. The van der Waals surface area contributed by atoms with Gasteiger partial charge >= 0.3 is 0 Å². The number of ether oxygens (including phenoxy) is 1. The SMILES string of the molecule is Cc1ccccc1C(=O)N(Cc1c(-c2ccc(F)cc2)noc1N1CCOCC1)C(C)C. The van der Waals surface area contributed by atoms with E-state index >= 15 is 0 Å². The van der Waals surface area contributed by atoms with E-state index in [1.165, 1.54) is 12.1 Å². The largest absolute Gasteiger partial charge is 0.378 e. The number of anilines is 1. The number of carbonyl (C=O) groups is 1. The van der Waals surface area contributed by atoms with E-state index in [1.807, 2.05) is 49.9 Å². The molecular weight excluding hydrogens is 409 g/mol. The molecule has 0 atom stereocenters. The third-order valence-electron chi connectivity index (χ3n) is 5.77. The molecule has 0 saturated carbocycles. The molecule has 0 radical (unpaired) electrons. The minimum Gasteiger partial charge on any atom is -0.378 e. The smallest absolute Gasteiger partial charge is 0.254 e. The first-order valence-corrected chi connectivity index (χ1v) is 10.9. The lowest BCUT2D eigenvalue weighted by Crippen LogP contribution is -2.39. The number of aryl methyl sites for hydroxylation is 1. The molecule has 1 fully saturated rings. The van der Waals surface area contributed by atoms with Crippen LogP contribution in [-0.2, 0) is 11.3 Å². The number of hydrogen-bond donors (Lipinski definition) is 0. The molecule has 1 aromatic heterocycles. The molecule has 32 heavy (non-hydrogen) atoms. The summed E-state index contributed by atoms with van der Waals surface area (Å²) in [6.07, 6.45) is 0. The van der Waals surface area contributed by atoms with Crippen LogP contribution in [0.15, 0.2) is 53.1 Å². The first-order chi connectivity index (χ1) is 15.5. The van der Waals surface area contributed by atoms with Crippen molar-refractivity contribution in [2.45, 2.75) is 33.4 Å². The van der Waals surface area contributed by atoms with Gasteiger partial charge in [-0.05, 0) is 56.7 Å². The molecule has 0 bridgehead atoms. The van der Waals surface area contributed by atoms with Crippen molar-refractivity contribution in [3.05, 3.63) is 71.0 Å². The van der Waals surface area contributed by atoms with Crippen molar-refractivity contribution in [3.63, 3.8) is 0 Å². The van der Waals surface area contributed by atoms with Gasteiger partial charge in [0.2, 0.25) is 5.88 Å².